The smallest absolute Gasteiger partial charge is 0.417 e. The average Bonchev–Trinajstić information content (AvgIpc) is 3.19. The number of methoxy groups -OCH3 is 1. The Morgan fingerprint density at radius 2 is 1.66 bits per heavy atom. The lowest BCUT2D eigenvalue weighted by Crippen LogP contribution is -2.20. The molecule has 1 N–H and O–H groups in total. The standard InChI is InChI=1S/C25H17F6N3O4/c1-34-19-11-16(6-3-13(19)9-20(34)23(36)37-2)38-21-8-5-15(12-32-21)33-22(35)17-7-4-14(24(26,27)28)10-18(17)25(29,30)31/h3-12H,1-2H3,(H,33,35). The molecule has 2 aromatic carbocycles. The van der Waals surface area contributed by atoms with Gasteiger partial charge in [-0.05, 0) is 42.5 Å². The van der Waals surface area contributed by atoms with Crippen LogP contribution in [0.25, 0.3) is 10.9 Å². The number of carbonyl (C=O) groups is 2. The maximum atomic E-state index is 13.4. The van der Waals surface area contributed by atoms with E-state index in [2.05, 4.69) is 10.3 Å². The minimum Gasteiger partial charge on any atom is -0.464 e. The van der Waals surface area contributed by atoms with Crippen molar-refractivity contribution in [2.75, 3.05) is 12.4 Å². The van der Waals surface area contributed by atoms with Crippen molar-refractivity contribution in [3.8, 4) is 11.6 Å². The molecule has 0 saturated carbocycles. The molecule has 1 amide bonds. The molecule has 198 valence electrons. The summed E-state index contributed by atoms with van der Waals surface area (Å²) in [6, 6.07) is 10.0. The van der Waals surface area contributed by atoms with Gasteiger partial charge in [0, 0.05) is 24.6 Å². The van der Waals surface area contributed by atoms with Crippen LogP contribution in [0.1, 0.15) is 32.0 Å². The van der Waals surface area contributed by atoms with E-state index in [1.165, 1.54) is 19.2 Å². The summed E-state index contributed by atoms with van der Waals surface area (Å²) in [6.45, 7) is 0. The maximum absolute atomic E-state index is 13.4. The molecule has 13 heteroatoms. The Morgan fingerprint density at radius 1 is 0.921 bits per heavy atom. The Morgan fingerprint density at radius 3 is 2.26 bits per heavy atom. The number of halogens is 6. The first-order valence-electron chi connectivity index (χ1n) is 10.7. The van der Waals surface area contributed by atoms with Crippen molar-refractivity contribution in [1.29, 1.82) is 0 Å². The number of anilines is 1. The summed E-state index contributed by atoms with van der Waals surface area (Å²) in [7, 11) is 2.94. The quantitative estimate of drug-likeness (QED) is 0.234. The highest BCUT2D eigenvalue weighted by Gasteiger charge is 2.39. The van der Waals surface area contributed by atoms with Gasteiger partial charge in [-0.1, -0.05) is 0 Å². The van der Waals surface area contributed by atoms with Gasteiger partial charge in [0.1, 0.15) is 11.4 Å². The first-order chi connectivity index (χ1) is 17.8. The second-order valence-corrected chi connectivity index (χ2v) is 8.00. The van der Waals surface area contributed by atoms with E-state index in [1.54, 1.807) is 35.9 Å². The van der Waals surface area contributed by atoms with Gasteiger partial charge in [-0.3, -0.25) is 4.79 Å². The highest BCUT2D eigenvalue weighted by molar-refractivity contribution is 6.05. The number of ether oxygens (including phenoxy) is 2. The summed E-state index contributed by atoms with van der Waals surface area (Å²) in [5.74, 6) is -1.34. The van der Waals surface area contributed by atoms with Crippen molar-refractivity contribution in [3.63, 3.8) is 0 Å². The topological polar surface area (TPSA) is 82.4 Å². The Bertz CT molecular complexity index is 1530. The van der Waals surface area contributed by atoms with Crippen LogP contribution < -0.4 is 10.1 Å². The van der Waals surface area contributed by atoms with Gasteiger partial charge in [-0.15, -0.1) is 0 Å². The molecule has 0 bridgehead atoms. The molecule has 2 heterocycles. The molecule has 0 fully saturated rings. The third kappa shape index (κ3) is 5.41. The number of rotatable bonds is 5. The zero-order valence-corrected chi connectivity index (χ0v) is 19.6. The lowest BCUT2D eigenvalue weighted by atomic mass is 10.0. The summed E-state index contributed by atoms with van der Waals surface area (Å²) in [6.07, 6.45) is -9.09. The monoisotopic (exact) mass is 537 g/mol. The molecule has 2 aromatic heterocycles. The molecule has 0 aliphatic carbocycles. The SMILES string of the molecule is COC(=O)c1cc2ccc(Oc3ccc(NC(=O)c4ccc(C(F)(F)F)cc4C(F)(F)F)cn3)cc2n1C. The van der Waals surface area contributed by atoms with Crippen molar-refractivity contribution in [1.82, 2.24) is 9.55 Å². The Labute approximate surface area is 210 Å². The predicted molar refractivity (Wildman–Crippen MR) is 123 cm³/mol. The highest BCUT2D eigenvalue weighted by atomic mass is 19.4. The number of benzene rings is 2. The van der Waals surface area contributed by atoms with E-state index in [1.807, 2.05) is 0 Å². The van der Waals surface area contributed by atoms with Crippen molar-refractivity contribution < 1.29 is 45.4 Å². The number of fused-ring (bicyclic) bond motifs is 1. The van der Waals surface area contributed by atoms with E-state index < -0.39 is 40.9 Å². The third-order valence-corrected chi connectivity index (χ3v) is 5.52. The molecular formula is C25H17F6N3O4. The number of esters is 1. The summed E-state index contributed by atoms with van der Waals surface area (Å²) >= 11 is 0. The Hall–Kier alpha value is -4.55. The number of amides is 1. The summed E-state index contributed by atoms with van der Waals surface area (Å²) in [5.41, 5.74) is -3.24. The third-order valence-electron chi connectivity index (χ3n) is 5.52. The molecular weight excluding hydrogens is 520 g/mol. The second kappa shape index (κ2) is 9.72. The number of hydrogen-bond acceptors (Lipinski definition) is 5. The van der Waals surface area contributed by atoms with Gasteiger partial charge in [0.05, 0.1) is 41.2 Å². The van der Waals surface area contributed by atoms with Crippen molar-refractivity contribution >= 4 is 28.5 Å². The van der Waals surface area contributed by atoms with Gasteiger partial charge in [0.15, 0.2) is 0 Å². The first kappa shape index (κ1) is 26.5. The van der Waals surface area contributed by atoms with Gasteiger partial charge in [-0.25, -0.2) is 9.78 Å². The lowest BCUT2D eigenvalue weighted by Gasteiger charge is -2.15. The largest absolute Gasteiger partial charge is 0.464 e. The fourth-order valence-electron chi connectivity index (χ4n) is 3.66. The van der Waals surface area contributed by atoms with Gasteiger partial charge in [0.25, 0.3) is 5.91 Å². The predicted octanol–water partition coefficient (Wildman–Crippen LogP) is 6.44. The van der Waals surface area contributed by atoms with E-state index in [-0.39, 0.29) is 17.6 Å². The van der Waals surface area contributed by atoms with E-state index in [4.69, 9.17) is 9.47 Å². The van der Waals surface area contributed by atoms with Crippen LogP contribution in [0.2, 0.25) is 0 Å². The maximum Gasteiger partial charge on any atom is 0.417 e. The van der Waals surface area contributed by atoms with E-state index in [9.17, 15) is 35.9 Å². The molecule has 0 atom stereocenters. The molecule has 0 radical (unpaired) electrons. The molecule has 38 heavy (non-hydrogen) atoms. The average molecular weight is 537 g/mol. The van der Waals surface area contributed by atoms with Crippen LogP contribution in [0.5, 0.6) is 11.6 Å². The van der Waals surface area contributed by atoms with Crippen LogP contribution in [0.4, 0.5) is 32.0 Å². The number of nitrogens with one attached hydrogen (secondary N) is 1. The number of aryl methyl sites for hydroxylation is 1. The molecule has 4 rings (SSSR count). The van der Waals surface area contributed by atoms with Crippen molar-refractivity contribution in [3.05, 3.63) is 83.2 Å². The van der Waals surface area contributed by atoms with Gasteiger partial charge < -0.3 is 19.4 Å². The molecule has 0 spiro atoms. The second-order valence-electron chi connectivity index (χ2n) is 8.00. The fraction of sp³-hybridized carbons (Fsp3) is 0.160. The number of hydrogen-bond donors (Lipinski definition) is 1. The molecule has 0 aliphatic heterocycles. The van der Waals surface area contributed by atoms with Crippen LogP contribution in [0, 0.1) is 0 Å². The van der Waals surface area contributed by atoms with Crippen LogP contribution in [-0.2, 0) is 24.1 Å². The van der Waals surface area contributed by atoms with Crippen LogP contribution in [0.3, 0.4) is 0 Å². The molecule has 4 aromatic rings. The Balaban J connectivity index is 1.52. The van der Waals surface area contributed by atoms with E-state index in [0.29, 0.717) is 29.1 Å². The van der Waals surface area contributed by atoms with Crippen LogP contribution in [-0.4, -0.2) is 28.5 Å². The van der Waals surface area contributed by atoms with Crippen molar-refractivity contribution in [2.45, 2.75) is 12.4 Å². The number of pyridine rings is 1. The van der Waals surface area contributed by atoms with Gasteiger partial charge in [-0.2, -0.15) is 26.3 Å². The normalized spacial score (nSPS) is 11.9. The summed E-state index contributed by atoms with van der Waals surface area (Å²) < 4.78 is 90.7. The minimum atomic E-state index is -5.19. The fourth-order valence-corrected chi connectivity index (χ4v) is 3.66. The zero-order chi connectivity index (χ0) is 27.8. The van der Waals surface area contributed by atoms with E-state index in [0.717, 1.165) is 11.6 Å². The molecule has 0 saturated heterocycles. The first-order valence-corrected chi connectivity index (χ1v) is 10.7. The van der Waals surface area contributed by atoms with Crippen LogP contribution >= 0.6 is 0 Å². The van der Waals surface area contributed by atoms with Crippen LogP contribution in [0.15, 0.2) is 60.8 Å². The van der Waals surface area contributed by atoms with E-state index >= 15 is 0 Å². The number of nitrogens with zero attached hydrogens (tertiary/aromatic N) is 2. The number of carbonyl (C=O) groups excluding carboxylic acids is 2. The summed E-state index contributed by atoms with van der Waals surface area (Å²) in [4.78, 5) is 28.3. The molecule has 0 unspecified atom stereocenters. The number of alkyl halides is 6. The highest BCUT2D eigenvalue weighted by Crippen LogP contribution is 2.37. The van der Waals surface area contributed by atoms with Gasteiger partial charge in [0.2, 0.25) is 5.88 Å². The summed E-state index contributed by atoms with van der Waals surface area (Å²) in [5, 5.41) is 2.94. The molecule has 0 aliphatic rings. The zero-order valence-electron chi connectivity index (χ0n) is 19.6. The van der Waals surface area contributed by atoms with Crippen molar-refractivity contribution in [2.24, 2.45) is 7.05 Å². The molecule has 7 nitrogen and oxygen atoms in total. The Kier molecular flexibility index (Phi) is 6.78. The van der Waals surface area contributed by atoms with Gasteiger partial charge >= 0.3 is 18.3 Å². The number of aromatic nitrogens is 2. The lowest BCUT2D eigenvalue weighted by molar-refractivity contribution is -0.143. The minimum absolute atomic E-state index is 0.0176.